The van der Waals surface area contributed by atoms with Crippen LogP contribution in [-0.4, -0.2) is 39.6 Å². The van der Waals surface area contributed by atoms with Gasteiger partial charge in [-0.05, 0) is 38.1 Å². The number of nitrogens with one attached hydrogen (secondary N) is 2. The lowest BCUT2D eigenvalue weighted by Crippen LogP contribution is -2.42. The highest BCUT2D eigenvalue weighted by Crippen LogP contribution is 2.09. The zero-order chi connectivity index (χ0) is 13.8. The van der Waals surface area contributed by atoms with Gasteiger partial charge in [0.05, 0.1) is 0 Å². The molecule has 0 unspecified atom stereocenters. The molecule has 3 rings (SSSR count). The largest absolute Gasteiger partial charge is 0.349 e. The molecule has 2 N–H and O–H groups in total. The van der Waals surface area contributed by atoms with Crippen molar-refractivity contribution in [2.75, 3.05) is 13.1 Å². The van der Waals surface area contributed by atoms with Gasteiger partial charge in [-0.3, -0.25) is 9.36 Å². The molecule has 3 heterocycles. The average molecular weight is 344 g/mol. The Morgan fingerprint density at radius 2 is 2.05 bits per heavy atom. The van der Waals surface area contributed by atoms with Gasteiger partial charge in [0.1, 0.15) is 12.1 Å². The smallest absolute Gasteiger partial charge is 0.251 e. The average Bonchev–Trinajstić information content (AvgIpc) is 3.03. The maximum Gasteiger partial charge on any atom is 0.251 e. The lowest BCUT2D eigenvalue weighted by atomic mass is 10.1. The van der Waals surface area contributed by atoms with E-state index in [2.05, 4.69) is 20.6 Å². The molecule has 1 amide bonds. The first-order chi connectivity index (χ1) is 9.83. The Morgan fingerprint density at radius 3 is 2.73 bits per heavy atom. The van der Waals surface area contributed by atoms with Gasteiger partial charge in [0.15, 0.2) is 0 Å². The Morgan fingerprint density at radius 1 is 1.27 bits per heavy atom. The molecule has 2 aromatic rings. The molecule has 0 spiro atoms. The third kappa shape index (κ3) is 4.43. The summed E-state index contributed by atoms with van der Waals surface area (Å²) in [6, 6.07) is 3.77. The summed E-state index contributed by atoms with van der Waals surface area (Å²) in [4.78, 5) is 20.5. The highest BCUT2D eigenvalue weighted by molar-refractivity contribution is 5.94. The second kappa shape index (κ2) is 8.73. The van der Waals surface area contributed by atoms with Gasteiger partial charge < -0.3 is 10.6 Å². The molecule has 0 aliphatic carbocycles. The fourth-order valence-electron chi connectivity index (χ4n) is 2.33. The molecular formula is C14H19Cl2N5O. The van der Waals surface area contributed by atoms with E-state index in [4.69, 9.17) is 0 Å². The summed E-state index contributed by atoms with van der Waals surface area (Å²) in [7, 11) is 0. The number of pyridine rings is 1. The maximum absolute atomic E-state index is 12.3. The summed E-state index contributed by atoms with van der Waals surface area (Å²) in [5.41, 5.74) is 0.627. The van der Waals surface area contributed by atoms with E-state index in [0.29, 0.717) is 11.4 Å². The summed E-state index contributed by atoms with van der Waals surface area (Å²) in [6.07, 6.45) is 8.75. The first-order valence-electron chi connectivity index (χ1n) is 6.79. The number of nitrogens with zero attached hydrogens (tertiary/aromatic N) is 3. The topological polar surface area (TPSA) is 71.8 Å². The van der Waals surface area contributed by atoms with Gasteiger partial charge >= 0.3 is 0 Å². The van der Waals surface area contributed by atoms with Crippen LogP contribution in [0.3, 0.4) is 0 Å². The van der Waals surface area contributed by atoms with E-state index in [9.17, 15) is 4.79 Å². The van der Waals surface area contributed by atoms with Crippen LogP contribution in [0.5, 0.6) is 0 Å². The second-order valence-corrected chi connectivity index (χ2v) is 4.87. The van der Waals surface area contributed by atoms with Gasteiger partial charge in [0.2, 0.25) is 0 Å². The molecule has 0 aromatic carbocycles. The van der Waals surface area contributed by atoms with E-state index in [1.165, 1.54) is 0 Å². The number of piperidine rings is 1. The molecule has 2 aromatic heterocycles. The molecule has 22 heavy (non-hydrogen) atoms. The zero-order valence-corrected chi connectivity index (χ0v) is 13.6. The molecule has 0 radical (unpaired) electrons. The summed E-state index contributed by atoms with van der Waals surface area (Å²) >= 11 is 0. The van der Waals surface area contributed by atoms with Gasteiger partial charge in [-0.25, -0.2) is 9.97 Å². The minimum Gasteiger partial charge on any atom is -0.349 e. The van der Waals surface area contributed by atoms with Gasteiger partial charge in [-0.1, -0.05) is 0 Å². The second-order valence-electron chi connectivity index (χ2n) is 4.87. The van der Waals surface area contributed by atoms with Crippen molar-refractivity contribution in [3.8, 4) is 5.82 Å². The van der Waals surface area contributed by atoms with Crippen LogP contribution in [0, 0.1) is 0 Å². The Hall–Kier alpha value is -1.63. The highest BCUT2D eigenvalue weighted by atomic mass is 35.5. The minimum atomic E-state index is -0.0411. The fourth-order valence-corrected chi connectivity index (χ4v) is 2.33. The Balaban J connectivity index is 0.00000121. The number of imidazole rings is 1. The lowest BCUT2D eigenvalue weighted by molar-refractivity contribution is 0.0929. The van der Waals surface area contributed by atoms with Gasteiger partial charge in [-0.15, -0.1) is 24.8 Å². The molecular weight excluding hydrogens is 325 g/mol. The summed E-state index contributed by atoms with van der Waals surface area (Å²) in [5, 5.41) is 6.36. The van der Waals surface area contributed by atoms with Crippen molar-refractivity contribution in [1.82, 2.24) is 25.2 Å². The summed E-state index contributed by atoms with van der Waals surface area (Å²) in [5.74, 6) is 0.654. The van der Waals surface area contributed by atoms with Gasteiger partial charge in [0.25, 0.3) is 5.91 Å². The molecule has 0 atom stereocenters. The van der Waals surface area contributed by atoms with Crippen LogP contribution >= 0.6 is 24.8 Å². The van der Waals surface area contributed by atoms with Crippen molar-refractivity contribution in [1.29, 1.82) is 0 Å². The number of halogens is 2. The number of rotatable bonds is 3. The monoisotopic (exact) mass is 343 g/mol. The SMILES string of the molecule is Cl.Cl.O=C(NC1CCNCC1)c1ccnc(-n2ccnc2)c1. The van der Waals surface area contributed by atoms with Crippen LogP contribution in [-0.2, 0) is 0 Å². The number of hydrogen-bond donors (Lipinski definition) is 2. The number of amides is 1. The van der Waals surface area contributed by atoms with E-state index in [-0.39, 0.29) is 36.8 Å². The fraction of sp³-hybridized carbons (Fsp3) is 0.357. The number of hydrogen-bond acceptors (Lipinski definition) is 4. The van der Waals surface area contributed by atoms with Crippen LogP contribution in [0.1, 0.15) is 23.2 Å². The maximum atomic E-state index is 12.3. The molecule has 8 heteroatoms. The van der Waals surface area contributed by atoms with Crippen molar-refractivity contribution in [3.05, 3.63) is 42.6 Å². The predicted octanol–water partition coefficient (Wildman–Crippen LogP) is 1.59. The molecule has 1 saturated heterocycles. The highest BCUT2D eigenvalue weighted by Gasteiger charge is 2.16. The first-order valence-corrected chi connectivity index (χ1v) is 6.79. The van der Waals surface area contributed by atoms with Crippen molar-refractivity contribution < 1.29 is 4.79 Å². The Bertz CT molecular complexity index is 585. The van der Waals surface area contributed by atoms with Crippen molar-refractivity contribution >= 4 is 30.7 Å². The molecule has 1 aliphatic heterocycles. The Labute approximate surface area is 141 Å². The summed E-state index contributed by atoms with van der Waals surface area (Å²) in [6.45, 7) is 1.92. The molecule has 1 aliphatic rings. The van der Waals surface area contributed by atoms with Crippen molar-refractivity contribution in [3.63, 3.8) is 0 Å². The van der Waals surface area contributed by atoms with Crippen LogP contribution in [0.2, 0.25) is 0 Å². The number of carbonyl (C=O) groups excluding carboxylic acids is 1. The first kappa shape index (κ1) is 18.4. The van der Waals surface area contributed by atoms with E-state index in [1.807, 2.05) is 0 Å². The van der Waals surface area contributed by atoms with Gasteiger partial charge in [-0.2, -0.15) is 0 Å². The van der Waals surface area contributed by atoms with E-state index in [1.54, 1.807) is 41.6 Å². The third-order valence-electron chi connectivity index (χ3n) is 3.45. The Kier molecular flexibility index (Phi) is 7.31. The quantitative estimate of drug-likeness (QED) is 0.887. The molecule has 1 fully saturated rings. The predicted molar refractivity (Wildman–Crippen MR) is 89.2 cm³/mol. The van der Waals surface area contributed by atoms with Crippen LogP contribution in [0.4, 0.5) is 0 Å². The third-order valence-corrected chi connectivity index (χ3v) is 3.45. The van der Waals surface area contributed by atoms with E-state index < -0.39 is 0 Å². The molecule has 6 nitrogen and oxygen atoms in total. The van der Waals surface area contributed by atoms with Gasteiger partial charge in [0, 0.05) is 30.2 Å². The molecule has 0 bridgehead atoms. The van der Waals surface area contributed by atoms with E-state index in [0.717, 1.165) is 25.9 Å². The number of carbonyl (C=O) groups is 1. The van der Waals surface area contributed by atoms with Crippen LogP contribution in [0.15, 0.2) is 37.1 Å². The lowest BCUT2D eigenvalue weighted by Gasteiger charge is -2.23. The van der Waals surface area contributed by atoms with E-state index >= 15 is 0 Å². The molecule has 0 saturated carbocycles. The van der Waals surface area contributed by atoms with Crippen LogP contribution < -0.4 is 10.6 Å². The normalized spacial score (nSPS) is 14.5. The molecule has 120 valence electrons. The zero-order valence-electron chi connectivity index (χ0n) is 11.9. The van der Waals surface area contributed by atoms with Crippen LogP contribution in [0.25, 0.3) is 5.82 Å². The summed E-state index contributed by atoms with van der Waals surface area (Å²) < 4.78 is 1.78. The van der Waals surface area contributed by atoms with Crippen molar-refractivity contribution in [2.45, 2.75) is 18.9 Å². The number of aromatic nitrogens is 3. The standard InChI is InChI=1S/C14H17N5O.2ClH/c20-14(18-12-2-4-15-5-3-12)11-1-6-17-13(9-11)19-8-7-16-10-19;;/h1,6-10,12,15H,2-5H2,(H,18,20);2*1H. The minimum absolute atomic E-state index is 0. The van der Waals surface area contributed by atoms with Crippen molar-refractivity contribution in [2.24, 2.45) is 0 Å².